The van der Waals surface area contributed by atoms with Crippen LogP contribution in [-0.4, -0.2) is 21.9 Å². The molecule has 13 heavy (non-hydrogen) atoms. The smallest absolute Gasteiger partial charge is 0.157 e. The predicted molar refractivity (Wildman–Crippen MR) is 48.5 cm³/mol. The highest BCUT2D eigenvalue weighted by atomic mass is 16.3. The topological polar surface area (TPSA) is 86.7 Å². The first-order chi connectivity index (χ1) is 6.06. The minimum atomic E-state index is -0.800. The molecule has 0 bridgehead atoms. The normalized spacial score (nSPS) is 12.8. The van der Waals surface area contributed by atoms with Gasteiger partial charge in [0, 0.05) is 6.54 Å². The minimum absolute atomic E-state index is 0.0883. The molecule has 1 aromatic rings. The van der Waals surface area contributed by atoms with Gasteiger partial charge in [0.25, 0.3) is 0 Å². The van der Waals surface area contributed by atoms with E-state index in [0.29, 0.717) is 11.1 Å². The van der Waals surface area contributed by atoms with Crippen LogP contribution in [0.2, 0.25) is 0 Å². The Balaban J connectivity index is 3.15. The first-order valence-corrected chi connectivity index (χ1v) is 3.97. The Morgan fingerprint density at radius 2 is 1.85 bits per heavy atom. The summed E-state index contributed by atoms with van der Waals surface area (Å²) in [5.74, 6) is -0.432. The lowest BCUT2D eigenvalue weighted by molar-refractivity contribution is 0.185. The van der Waals surface area contributed by atoms with E-state index in [4.69, 9.17) is 15.9 Å². The van der Waals surface area contributed by atoms with Crippen molar-refractivity contribution in [3.05, 3.63) is 23.3 Å². The molecule has 0 amide bonds. The molecule has 0 aromatic heterocycles. The predicted octanol–water partition coefficient (Wildman–Crippen LogP) is 0.398. The van der Waals surface area contributed by atoms with Gasteiger partial charge < -0.3 is 21.1 Å². The zero-order chi connectivity index (χ0) is 10.0. The van der Waals surface area contributed by atoms with Gasteiger partial charge >= 0.3 is 0 Å². The number of aryl methyl sites for hydroxylation is 1. The SMILES string of the molecule is Cc1cc(O)c(O)cc1[C@@H](O)CN. The minimum Gasteiger partial charge on any atom is -0.504 e. The Hall–Kier alpha value is -1.26. The van der Waals surface area contributed by atoms with Crippen LogP contribution in [0.4, 0.5) is 0 Å². The number of phenolic OH excluding ortho intramolecular Hbond substituents is 2. The van der Waals surface area contributed by atoms with Gasteiger partial charge in [-0.2, -0.15) is 0 Å². The van der Waals surface area contributed by atoms with Crippen LogP contribution in [0.1, 0.15) is 17.2 Å². The van der Waals surface area contributed by atoms with E-state index in [2.05, 4.69) is 0 Å². The molecule has 4 heteroatoms. The summed E-state index contributed by atoms with van der Waals surface area (Å²) in [4.78, 5) is 0. The number of hydrogen-bond donors (Lipinski definition) is 4. The fourth-order valence-corrected chi connectivity index (χ4v) is 1.18. The van der Waals surface area contributed by atoms with Gasteiger partial charge in [-0.25, -0.2) is 0 Å². The summed E-state index contributed by atoms with van der Waals surface area (Å²) in [6.45, 7) is 1.82. The van der Waals surface area contributed by atoms with Crippen LogP contribution in [0, 0.1) is 6.92 Å². The Morgan fingerprint density at radius 1 is 1.31 bits per heavy atom. The summed E-state index contributed by atoms with van der Waals surface area (Å²) in [5.41, 5.74) is 6.51. The molecule has 4 nitrogen and oxygen atoms in total. The Morgan fingerprint density at radius 3 is 2.38 bits per heavy atom. The zero-order valence-electron chi connectivity index (χ0n) is 7.36. The molecular weight excluding hydrogens is 170 g/mol. The van der Waals surface area contributed by atoms with E-state index in [-0.39, 0.29) is 18.0 Å². The third-order valence-corrected chi connectivity index (χ3v) is 1.95. The van der Waals surface area contributed by atoms with Gasteiger partial charge in [0.2, 0.25) is 0 Å². The van der Waals surface area contributed by atoms with Gasteiger partial charge in [-0.1, -0.05) is 0 Å². The second-order valence-corrected chi connectivity index (χ2v) is 2.95. The lowest BCUT2D eigenvalue weighted by Gasteiger charge is -2.12. The molecule has 1 rings (SSSR count). The van der Waals surface area contributed by atoms with Crippen molar-refractivity contribution in [1.29, 1.82) is 0 Å². The summed E-state index contributed by atoms with van der Waals surface area (Å²) in [5, 5.41) is 27.7. The molecule has 0 spiro atoms. The molecule has 0 saturated carbocycles. The van der Waals surface area contributed by atoms with Crippen LogP contribution < -0.4 is 5.73 Å². The first kappa shape index (κ1) is 9.83. The second kappa shape index (κ2) is 3.64. The molecule has 0 aliphatic carbocycles. The number of phenols is 2. The van der Waals surface area contributed by atoms with Gasteiger partial charge in [0.05, 0.1) is 6.10 Å². The van der Waals surface area contributed by atoms with Crippen LogP contribution in [0.25, 0.3) is 0 Å². The number of aliphatic hydroxyl groups excluding tert-OH is 1. The highest BCUT2D eigenvalue weighted by Gasteiger charge is 2.11. The number of aromatic hydroxyl groups is 2. The van der Waals surface area contributed by atoms with E-state index in [9.17, 15) is 5.11 Å². The van der Waals surface area contributed by atoms with Crippen LogP contribution in [0.3, 0.4) is 0 Å². The van der Waals surface area contributed by atoms with Crippen molar-refractivity contribution in [2.24, 2.45) is 5.73 Å². The number of nitrogens with two attached hydrogens (primary N) is 1. The highest BCUT2D eigenvalue weighted by molar-refractivity contribution is 5.45. The summed E-state index contributed by atoms with van der Waals surface area (Å²) >= 11 is 0. The molecule has 0 saturated heterocycles. The van der Waals surface area contributed by atoms with Gasteiger partial charge in [-0.05, 0) is 30.2 Å². The third-order valence-electron chi connectivity index (χ3n) is 1.95. The largest absolute Gasteiger partial charge is 0.504 e. The van der Waals surface area contributed by atoms with E-state index >= 15 is 0 Å². The van der Waals surface area contributed by atoms with Crippen molar-refractivity contribution >= 4 is 0 Å². The molecule has 72 valence electrons. The van der Waals surface area contributed by atoms with Crippen molar-refractivity contribution in [3.63, 3.8) is 0 Å². The maximum atomic E-state index is 9.41. The van der Waals surface area contributed by atoms with Crippen molar-refractivity contribution in [2.45, 2.75) is 13.0 Å². The second-order valence-electron chi connectivity index (χ2n) is 2.95. The molecule has 0 aliphatic rings. The molecule has 0 unspecified atom stereocenters. The Labute approximate surface area is 76.2 Å². The molecule has 0 radical (unpaired) electrons. The van der Waals surface area contributed by atoms with E-state index in [0.717, 1.165) is 0 Å². The van der Waals surface area contributed by atoms with Gasteiger partial charge in [-0.15, -0.1) is 0 Å². The molecule has 5 N–H and O–H groups in total. The average molecular weight is 183 g/mol. The Kier molecular flexibility index (Phi) is 2.75. The van der Waals surface area contributed by atoms with Crippen LogP contribution >= 0.6 is 0 Å². The molecule has 0 fully saturated rings. The summed E-state index contributed by atoms with van der Waals surface area (Å²) in [7, 11) is 0. The quantitative estimate of drug-likeness (QED) is 0.500. The zero-order valence-corrected chi connectivity index (χ0v) is 7.36. The van der Waals surface area contributed by atoms with Crippen LogP contribution in [0.15, 0.2) is 12.1 Å². The molecule has 1 aromatic carbocycles. The van der Waals surface area contributed by atoms with Crippen molar-refractivity contribution in [2.75, 3.05) is 6.54 Å². The number of rotatable bonds is 2. The van der Waals surface area contributed by atoms with Gasteiger partial charge in [0.15, 0.2) is 11.5 Å². The summed E-state index contributed by atoms with van der Waals surface area (Å²) in [6.07, 6.45) is -0.800. The molecule has 1 atom stereocenters. The van der Waals surface area contributed by atoms with Crippen molar-refractivity contribution in [1.82, 2.24) is 0 Å². The lowest BCUT2D eigenvalue weighted by Crippen LogP contribution is -2.12. The third kappa shape index (κ3) is 1.91. The van der Waals surface area contributed by atoms with Gasteiger partial charge in [0.1, 0.15) is 0 Å². The first-order valence-electron chi connectivity index (χ1n) is 3.97. The van der Waals surface area contributed by atoms with E-state index in [1.807, 2.05) is 0 Å². The molecule has 0 aliphatic heterocycles. The van der Waals surface area contributed by atoms with Crippen molar-refractivity contribution in [3.8, 4) is 11.5 Å². The monoisotopic (exact) mass is 183 g/mol. The van der Waals surface area contributed by atoms with E-state index < -0.39 is 6.10 Å². The maximum absolute atomic E-state index is 9.41. The van der Waals surface area contributed by atoms with E-state index in [1.54, 1.807) is 6.92 Å². The molecular formula is C9H13NO3. The van der Waals surface area contributed by atoms with Crippen LogP contribution in [-0.2, 0) is 0 Å². The average Bonchev–Trinajstić information content (AvgIpc) is 2.10. The van der Waals surface area contributed by atoms with E-state index in [1.165, 1.54) is 12.1 Å². The lowest BCUT2D eigenvalue weighted by atomic mass is 10.0. The number of aliphatic hydroxyl groups is 1. The number of benzene rings is 1. The van der Waals surface area contributed by atoms with Crippen molar-refractivity contribution < 1.29 is 15.3 Å². The summed E-state index contributed by atoms with van der Waals surface area (Å²) in [6, 6.07) is 2.71. The fraction of sp³-hybridized carbons (Fsp3) is 0.333. The molecule has 0 heterocycles. The fourth-order valence-electron chi connectivity index (χ4n) is 1.18. The maximum Gasteiger partial charge on any atom is 0.157 e. The summed E-state index contributed by atoms with van der Waals surface area (Å²) < 4.78 is 0. The number of hydrogen-bond acceptors (Lipinski definition) is 4. The van der Waals surface area contributed by atoms with Crippen LogP contribution in [0.5, 0.6) is 11.5 Å². The highest BCUT2D eigenvalue weighted by Crippen LogP contribution is 2.30. The van der Waals surface area contributed by atoms with Gasteiger partial charge in [-0.3, -0.25) is 0 Å². The Bertz CT molecular complexity index is 312. The standard InChI is InChI=1S/C9H13NO3/c1-5-2-7(11)8(12)3-6(5)9(13)4-10/h2-3,9,11-13H,4,10H2,1H3/t9-/m0/s1.